The summed E-state index contributed by atoms with van der Waals surface area (Å²) in [5, 5.41) is 4.50. The zero-order valence-electron chi connectivity index (χ0n) is 19.0. The highest BCUT2D eigenvalue weighted by Crippen LogP contribution is 2.34. The number of nitrogen functional groups attached to an aromatic ring is 1. The van der Waals surface area contributed by atoms with Gasteiger partial charge in [-0.05, 0) is 31.2 Å². The molecule has 0 unspecified atom stereocenters. The number of rotatable bonds is 7. The zero-order valence-corrected chi connectivity index (χ0v) is 19.0. The van der Waals surface area contributed by atoms with Crippen molar-refractivity contribution in [2.24, 2.45) is 0 Å². The molecule has 172 valence electrons. The number of aryl methyl sites for hydroxylation is 1. The second-order valence-electron chi connectivity index (χ2n) is 7.95. The molecule has 4 aromatic rings. The maximum Gasteiger partial charge on any atom is 0.280 e. The van der Waals surface area contributed by atoms with E-state index in [0.29, 0.717) is 34.4 Å². The molecule has 0 saturated heterocycles. The number of halogens is 1. The van der Waals surface area contributed by atoms with Gasteiger partial charge in [0, 0.05) is 42.1 Å². The monoisotopic (exact) mass is 458 g/mol. The van der Waals surface area contributed by atoms with Crippen LogP contribution in [0.15, 0.2) is 54.9 Å². The number of hydrogen-bond donors (Lipinski definition) is 1. The smallest absolute Gasteiger partial charge is 0.280 e. The third kappa shape index (κ3) is 4.96. The summed E-state index contributed by atoms with van der Waals surface area (Å²) in [5.41, 5.74) is 8.60. The maximum atomic E-state index is 14.1. The molecule has 4 rings (SSSR count). The number of ether oxygens (including phenoxy) is 2. The van der Waals surface area contributed by atoms with Gasteiger partial charge in [-0.25, -0.2) is 14.4 Å². The predicted molar refractivity (Wildman–Crippen MR) is 126 cm³/mol. The molecule has 2 aromatic heterocycles. The van der Waals surface area contributed by atoms with Crippen LogP contribution < -0.4 is 15.2 Å². The van der Waals surface area contributed by atoms with E-state index < -0.39 is 5.82 Å². The highest BCUT2D eigenvalue weighted by molar-refractivity contribution is 5.69. The highest BCUT2D eigenvalue weighted by atomic mass is 19.1. The van der Waals surface area contributed by atoms with Crippen LogP contribution in [0.5, 0.6) is 17.2 Å². The van der Waals surface area contributed by atoms with Crippen molar-refractivity contribution in [2.45, 2.75) is 33.3 Å². The summed E-state index contributed by atoms with van der Waals surface area (Å²) in [7, 11) is 0. The van der Waals surface area contributed by atoms with Crippen LogP contribution in [0.4, 0.5) is 15.9 Å². The minimum atomic E-state index is -0.487. The molecule has 0 saturated carbocycles. The van der Waals surface area contributed by atoms with Gasteiger partial charge in [-0.15, -0.1) is 0 Å². The standard InChI is InChI=1S/C25H23FN6O2/c1-15(2)24-23(27)25(28-4)32(31-24)19-5-7-20(8-6-19)34-22-10-18(26)9-21(11-22)33-14-17-12-29-16(3)30-13-17/h5-13,15H,14,27H2,1-3H3. The second-order valence-corrected chi connectivity index (χ2v) is 7.95. The first kappa shape index (κ1) is 22.7. The Bertz CT molecular complexity index is 1340. The molecule has 0 aliphatic carbocycles. The highest BCUT2D eigenvalue weighted by Gasteiger charge is 2.20. The predicted octanol–water partition coefficient (Wildman–Crippen LogP) is 5.74. The molecular formula is C25H23FN6O2. The van der Waals surface area contributed by atoms with Crippen molar-refractivity contribution < 1.29 is 13.9 Å². The van der Waals surface area contributed by atoms with Crippen molar-refractivity contribution in [1.29, 1.82) is 0 Å². The fraction of sp³-hybridized carbons (Fsp3) is 0.200. The Morgan fingerprint density at radius 2 is 1.74 bits per heavy atom. The van der Waals surface area contributed by atoms with Gasteiger partial charge in [-0.3, -0.25) is 0 Å². The lowest BCUT2D eigenvalue weighted by Gasteiger charge is -2.10. The first-order valence-electron chi connectivity index (χ1n) is 10.6. The summed E-state index contributed by atoms with van der Waals surface area (Å²) < 4.78 is 27.2. The van der Waals surface area contributed by atoms with Crippen molar-refractivity contribution in [1.82, 2.24) is 19.7 Å². The number of nitrogens with zero attached hydrogens (tertiary/aromatic N) is 5. The van der Waals surface area contributed by atoms with Gasteiger partial charge in [0.05, 0.1) is 11.4 Å². The van der Waals surface area contributed by atoms with E-state index in [1.165, 1.54) is 16.8 Å². The molecule has 34 heavy (non-hydrogen) atoms. The average Bonchev–Trinajstić information content (AvgIpc) is 3.15. The van der Waals surface area contributed by atoms with E-state index in [1.807, 2.05) is 13.8 Å². The number of anilines is 1. The Morgan fingerprint density at radius 1 is 1.06 bits per heavy atom. The number of benzene rings is 2. The van der Waals surface area contributed by atoms with Gasteiger partial charge >= 0.3 is 0 Å². The molecule has 2 heterocycles. The normalized spacial score (nSPS) is 10.8. The zero-order chi connectivity index (χ0) is 24.2. The van der Waals surface area contributed by atoms with Gasteiger partial charge < -0.3 is 20.1 Å². The van der Waals surface area contributed by atoms with Crippen molar-refractivity contribution in [3.05, 3.63) is 89.2 Å². The van der Waals surface area contributed by atoms with E-state index in [0.717, 1.165) is 5.56 Å². The molecule has 8 nitrogen and oxygen atoms in total. The summed E-state index contributed by atoms with van der Waals surface area (Å²) in [6, 6.07) is 11.1. The Morgan fingerprint density at radius 3 is 2.38 bits per heavy atom. The lowest BCUT2D eigenvalue weighted by molar-refractivity contribution is 0.301. The first-order valence-corrected chi connectivity index (χ1v) is 10.6. The van der Waals surface area contributed by atoms with Gasteiger partial charge in [0.1, 0.15) is 41.2 Å². The molecule has 9 heteroatoms. The van der Waals surface area contributed by atoms with Crippen molar-refractivity contribution >= 4 is 11.5 Å². The molecule has 0 spiro atoms. The largest absolute Gasteiger partial charge is 0.489 e. The molecule has 2 N–H and O–H groups in total. The van der Waals surface area contributed by atoms with Crippen LogP contribution in [-0.4, -0.2) is 19.7 Å². The van der Waals surface area contributed by atoms with E-state index in [9.17, 15) is 4.39 Å². The van der Waals surface area contributed by atoms with Crippen LogP contribution in [0.3, 0.4) is 0 Å². The lowest BCUT2D eigenvalue weighted by atomic mass is 10.1. The van der Waals surface area contributed by atoms with Crippen molar-refractivity contribution in [3.8, 4) is 22.9 Å². The van der Waals surface area contributed by atoms with Gasteiger partial charge in [0.25, 0.3) is 5.82 Å². The molecule has 2 aromatic carbocycles. The van der Waals surface area contributed by atoms with Crippen LogP contribution >= 0.6 is 0 Å². The summed E-state index contributed by atoms with van der Waals surface area (Å²) in [6.45, 7) is 13.4. The average molecular weight is 458 g/mol. The number of nitrogens with two attached hydrogens (primary N) is 1. The topological polar surface area (TPSA) is 92.4 Å². The Balaban J connectivity index is 1.50. The van der Waals surface area contributed by atoms with E-state index in [4.69, 9.17) is 21.8 Å². The second kappa shape index (κ2) is 9.58. The minimum Gasteiger partial charge on any atom is -0.489 e. The van der Waals surface area contributed by atoms with Crippen molar-refractivity contribution in [2.75, 3.05) is 5.73 Å². The van der Waals surface area contributed by atoms with Crippen LogP contribution in [0.25, 0.3) is 10.5 Å². The summed E-state index contributed by atoms with van der Waals surface area (Å²) >= 11 is 0. The molecule has 0 fully saturated rings. The van der Waals surface area contributed by atoms with E-state index in [-0.39, 0.29) is 24.1 Å². The summed E-state index contributed by atoms with van der Waals surface area (Å²) in [6.07, 6.45) is 3.33. The molecule has 0 radical (unpaired) electrons. The van der Waals surface area contributed by atoms with Gasteiger partial charge in [0.15, 0.2) is 0 Å². The third-order valence-electron chi connectivity index (χ3n) is 4.98. The molecule has 0 aliphatic heterocycles. The molecule has 0 atom stereocenters. The van der Waals surface area contributed by atoms with Crippen molar-refractivity contribution in [3.63, 3.8) is 0 Å². The summed E-state index contributed by atoms with van der Waals surface area (Å²) in [4.78, 5) is 11.8. The Kier molecular flexibility index (Phi) is 6.41. The molecule has 0 bridgehead atoms. The van der Waals surface area contributed by atoms with E-state index in [2.05, 4.69) is 19.9 Å². The lowest BCUT2D eigenvalue weighted by Crippen LogP contribution is -1.99. The fourth-order valence-electron chi connectivity index (χ4n) is 3.28. The minimum absolute atomic E-state index is 0.0901. The number of hydrogen-bond acceptors (Lipinski definition) is 6. The van der Waals surface area contributed by atoms with Crippen LogP contribution in [0, 0.1) is 19.3 Å². The maximum absolute atomic E-state index is 14.1. The van der Waals surface area contributed by atoms with E-state index >= 15 is 0 Å². The van der Waals surface area contributed by atoms with Gasteiger partial charge in [0.2, 0.25) is 0 Å². The van der Waals surface area contributed by atoms with Crippen LogP contribution in [0.2, 0.25) is 0 Å². The first-order chi connectivity index (χ1) is 16.3. The van der Waals surface area contributed by atoms with Gasteiger partial charge in [-0.2, -0.15) is 4.68 Å². The third-order valence-corrected chi connectivity index (χ3v) is 4.98. The SMILES string of the molecule is [C-]#[N+]c1c(N)c(C(C)C)nn1-c1ccc(Oc2cc(F)cc(OCc3cnc(C)nc3)c2)cc1. The summed E-state index contributed by atoms with van der Waals surface area (Å²) in [5.74, 6) is 1.63. The number of aromatic nitrogens is 4. The molecule has 0 aliphatic rings. The van der Waals surface area contributed by atoms with Crippen LogP contribution in [-0.2, 0) is 6.61 Å². The molecular weight excluding hydrogens is 435 g/mol. The van der Waals surface area contributed by atoms with Crippen LogP contribution in [0.1, 0.15) is 36.8 Å². The Hall–Kier alpha value is -4.45. The Labute approximate surface area is 196 Å². The molecule has 0 amide bonds. The van der Waals surface area contributed by atoms with Gasteiger partial charge in [-0.1, -0.05) is 25.5 Å². The quantitative estimate of drug-likeness (QED) is 0.355. The fourth-order valence-corrected chi connectivity index (χ4v) is 3.28. The van der Waals surface area contributed by atoms with E-state index in [1.54, 1.807) is 49.6 Å².